The molecule has 0 unspecified atom stereocenters. The number of carbonyl (C=O) groups excluding carboxylic acids is 1. The van der Waals surface area contributed by atoms with Crippen molar-refractivity contribution >= 4 is 38.9 Å². The number of rotatable bonds is 7. The maximum Gasteiger partial charge on any atom is 0.294 e. The van der Waals surface area contributed by atoms with E-state index >= 15 is 0 Å². The highest BCUT2D eigenvalue weighted by Gasteiger charge is 2.17. The maximum absolute atomic E-state index is 12.3. The molecule has 12 heteroatoms. The largest absolute Gasteiger partial charge is 0.495 e. The first-order valence-electron chi connectivity index (χ1n) is 8.67. The van der Waals surface area contributed by atoms with Gasteiger partial charge in [-0.25, -0.2) is 14.0 Å². The van der Waals surface area contributed by atoms with Gasteiger partial charge in [0.25, 0.3) is 5.19 Å². The lowest BCUT2D eigenvalue weighted by Gasteiger charge is -2.08. The van der Waals surface area contributed by atoms with Gasteiger partial charge in [-0.1, -0.05) is 0 Å². The molecule has 0 spiro atoms. The van der Waals surface area contributed by atoms with Crippen LogP contribution in [0, 0.1) is 0 Å². The first kappa shape index (κ1) is 18.5. The number of Topliss-reactive ketones (excluding diaryl/α,β-unsaturated/α-hetero) is 1. The fourth-order valence-corrected chi connectivity index (χ4v) is 4.09. The van der Waals surface area contributed by atoms with E-state index in [2.05, 4.69) is 20.2 Å². The van der Waals surface area contributed by atoms with Crippen LogP contribution < -0.4 is 14.2 Å². The third-order valence-corrected chi connectivity index (χ3v) is 5.97. The number of pyridine rings is 1. The third-order valence-electron chi connectivity index (χ3n) is 4.27. The van der Waals surface area contributed by atoms with Gasteiger partial charge in [-0.3, -0.25) is 9.78 Å². The van der Waals surface area contributed by atoms with Crippen molar-refractivity contribution < 1.29 is 19.0 Å². The first-order valence-corrected chi connectivity index (χ1v) is 10.4. The summed E-state index contributed by atoms with van der Waals surface area (Å²) in [5.74, 6) is 0.883. The van der Waals surface area contributed by atoms with E-state index in [4.69, 9.17) is 14.2 Å². The highest BCUT2D eigenvalue weighted by atomic mass is 32.1. The molecular formula is C18H14N6O4S2. The van der Waals surface area contributed by atoms with Gasteiger partial charge < -0.3 is 14.2 Å². The number of hydrogen-bond acceptors (Lipinski definition) is 10. The fraction of sp³-hybridized carbons (Fsp3) is 0.167. The number of imidazole rings is 1. The van der Waals surface area contributed by atoms with Gasteiger partial charge in [-0.2, -0.15) is 5.10 Å². The summed E-state index contributed by atoms with van der Waals surface area (Å²) in [6.45, 7) is -0.116. The van der Waals surface area contributed by atoms with Gasteiger partial charge in [0.05, 0.1) is 37.0 Å². The molecular weight excluding hydrogens is 428 g/mol. The molecule has 0 aliphatic heterocycles. The Morgan fingerprint density at radius 3 is 2.73 bits per heavy atom. The summed E-state index contributed by atoms with van der Waals surface area (Å²) in [6, 6.07) is 3.56. The zero-order chi connectivity index (χ0) is 20.7. The van der Waals surface area contributed by atoms with E-state index < -0.39 is 0 Å². The molecule has 0 aliphatic carbocycles. The fourth-order valence-electron chi connectivity index (χ4n) is 2.85. The van der Waals surface area contributed by atoms with Gasteiger partial charge >= 0.3 is 0 Å². The number of aromatic nitrogens is 6. The number of carbonyl (C=O) groups is 1. The lowest BCUT2D eigenvalue weighted by molar-refractivity contribution is 0.0926. The lowest BCUT2D eigenvalue weighted by Crippen LogP contribution is -2.10. The Morgan fingerprint density at radius 2 is 2.00 bits per heavy atom. The van der Waals surface area contributed by atoms with E-state index in [1.807, 2.05) is 6.07 Å². The molecule has 5 heterocycles. The minimum atomic E-state index is -0.146. The number of thiazole rings is 1. The van der Waals surface area contributed by atoms with Gasteiger partial charge in [0, 0.05) is 12.3 Å². The van der Waals surface area contributed by atoms with Gasteiger partial charge in [0.1, 0.15) is 28.4 Å². The number of ketones is 1. The van der Waals surface area contributed by atoms with E-state index in [0.29, 0.717) is 43.4 Å². The van der Waals surface area contributed by atoms with Crippen molar-refractivity contribution in [3.63, 3.8) is 0 Å². The normalized spacial score (nSPS) is 11.3. The highest BCUT2D eigenvalue weighted by Crippen LogP contribution is 2.31. The van der Waals surface area contributed by atoms with Crippen molar-refractivity contribution in [2.24, 2.45) is 0 Å². The molecule has 5 aromatic rings. The van der Waals surface area contributed by atoms with Crippen molar-refractivity contribution in [3.05, 3.63) is 41.1 Å². The smallest absolute Gasteiger partial charge is 0.294 e. The zero-order valence-corrected chi connectivity index (χ0v) is 17.4. The summed E-state index contributed by atoms with van der Waals surface area (Å²) in [6.07, 6.45) is 5.04. The average molecular weight is 442 g/mol. The monoisotopic (exact) mass is 442 g/mol. The number of nitrogens with zero attached hydrogens (tertiary/aromatic N) is 6. The number of ether oxygens (including phenoxy) is 3. The Bertz CT molecular complexity index is 1320. The molecule has 0 saturated carbocycles. The molecule has 0 bridgehead atoms. The van der Waals surface area contributed by atoms with Crippen LogP contribution in [0.3, 0.4) is 0 Å². The van der Waals surface area contributed by atoms with Crippen molar-refractivity contribution in [2.75, 3.05) is 20.8 Å². The second kappa shape index (κ2) is 7.39. The summed E-state index contributed by atoms with van der Waals surface area (Å²) in [5.41, 5.74) is 3.59. The van der Waals surface area contributed by atoms with Crippen LogP contribution in [0.2, 0.25) is 0 Å². The third kappa shape index (κ3) is 3.25. The number of fused-ring (bicyclic) bond motifs is 2. The van der Waals surface area contributed by atoms with Crippen LogP contribution in [-0.2, 0) is 0 Å². The predicted molar refractivity (Wildman–Crippen MR) is 110 cm³/mol. The highest BCUT2D eigenvalue weighted by molar-refractivity contribution is 7.18. The van der Waals surface area contributed by atoms with E-state index in [1.54, 1.807) is 47.2 Å². The Kier molecular flexibility index (Phi) is 4.56. The predicted octanol–water partition coefficient (Wildman–Crippen LogP) is 2.84. The van der Waals surface area contributed by atoms with Gasteiger partial charge in [-0.15, -0.1) is 16.4 Å². The minimum Gasteiger partial charge on any atom is -0.495 e. The molecule has 152 valence electrons. The van der Waals surface area contributed by atoms with Crippen LogP contribution in [0.1, 0.15) is 9.67 Å². The van der Waals surface area contributed by atoms with Crippen molar-refractivity contribution in [2.45, 2.75) is 0 Å². The summed E-state index contributed by atoms with van der Waals surface area (Å²) in [4.78, 5) is 22.0. The van der Waals surface area contributed by atoms with Crippen LogP contribution >= 0.6 is 22.7 Å². The number of methoxy groups -OCH3 is 2. The first-order chi connectivity index (χ1) is 14.6. The Balaban J connectivity index is 1.49. The summed E-state index contributed by atoms with van der Waals surface area (Å²) in [5, 5.41) is 9.39. The molecule has 0 aliphatic rings. The molecule has 5 aromatic heterocycles. The summed E-state index contributed by atoms with van der Waals surface area (Å²) < 4.78 is 19.6. The summed E-state index contributed by atoms with van der Waals surface area (Å²) >= 11 is 2.61. The lowest BCUT2D eigenvalue weighted by atomic mass is 10.3. The molecule has 0 atom stereocenters. The van der Waals surface area contributed by atoms with Crippen molar-refractivity contribution in [1.29, 1.82) is 0 Å². The second-order valence-electron chi connectivity index (χ2n) is 6.11. The van der Waals surface area contributed by atoms with Crippen LogP contribution in [0.5, 0.6) is 16.7 Å². The second-order valence-corrected chi connectivity index (χ2v) is 7.91. The molecule has 0 N–H and O–H groups in total. The number of hydrogen-bond donors (Lipinski definition) is 0. The molecule has 0 fully saturated rings. The zero-order valence-electron chi connectivity index (χ0n) is 15.8. The standard InChI is InChI=1S/C18H14N6O4S2/c1-26-10-3-15(28-8-14(25)16-5-19-9-29-16)13-4-11(21-23(13)6-10)12-7-24-17(20-12)30-18(22-24)27-2/h3-7,9H,8H2,1-2H3. The summed E-state index contributed by atoms with van der Waals surface area (Å²) in [7, 11) is 3.12. The maximum atomic E-state index is 12.3. The molecule has 0 aromatic carbocycles. The Hall–Kier alpha value is -3.51. The molecule has 0 amide bonds. The Labute approximate surface area is 177 Å². The minimum absolute atomic E-state index is 0.116. The molecule has 0 radical (unpaired) electrons. The molecule has 30 heavy (non-hydrogen) atoms. The molecule has 5 rings (SSSR count). The van der Waals surface area contributed by atoms with Gasteiger partial charge in [0.2, 0.25) is 10.7 Å². The van der Waals surface area contributed by atoms with Crippen LogP contribution in [0.25, 0.3) is 21.9 Å². The van der Waals surface area contributed by atoms with E-state index in [-0.39, 0.29) is 12.4 Å². The Morgan fingerprint density at radius 1 is 1.10 bits per heavy atom. The molecule has 10 nitrogen and oxygen atoms in total. The van der Waals surface area contributed by atoms with Crippen molar-refractivity contribution in [3.8, 4) is 28.1 Å². The van der Waals surface area contributed by atoms with Crippen LogP contribution in [0.4, 0.5) is 0 Å². The van der Waals surface area contributed by atoms with Gasteiger partial charge in [-0.05, 0) is 17.4 Å². The average Bonchev–Trinajstić information content (AvgIpc) is 3.53. The topological polar surface area (TPSA) is 105 Å². The molecule has 0 saturated heterocycles. The van der Waals surface area contributed by atoms with E-state index in [9.17, 15) is 4.79 Å². The van der Waals surface area contributed by atoms with Crippen LogP contribution in [-0.4, -0.2) is 55.8 Å². The quantitative estimate of drug-likeness (QED) is 0.354. The van der Waals surface area contributed by atoms with Crippen molar-refractivity contribution in [1.82, 2.24) is 29.2 Å². The van der Waals surface area contributed by atoms with E-state index in [0.717, 1.165) is 0 Å². The van der Waals surface area contributed by atoms with Gasteiger partial charge in [0.15, 0.2) is 6.61 Å². The van der Waals surface area contributed by atoms with Crippen LogP contribution in [0.15, 0.2) is 36.2 Å². The SMILES string of the molecule is COc1cc(OCC(=O)c2cncs2)c2cc(-c3cn4nc(OC)sc4n3)nn2c1. The van der Waals surface area contributed by atoms with E-state index in [1.165, 1.54) is 28.9 Å².